The SMILES string of the molecule is CCC(C)C(O)CN1C(=O)C2CCCC2C1=O. The lowest BCUT2D eigenvalue weighted by Crippen LogP contribution is -2.40. The molecule has 2 amide bonds. The molecular weight excluding hydrogens is 218 g/mol. The van der Waals surface area contributed by atoms with E-state index in [4.69, 9.17) is 0 Å². The lowest BCUT2D eigenvalue weighted by molar-refractivity contribution is -0.142. The molecule has 96 valence electrons. The van der Waals surface area contributed by atoms with Crippen LogP contribution in [0.1, 0.15) is 39.5 Å². The zero-order valence-electron chi connectivity index (χ0n) is 10.6. The quantitative estimate of drug-likeness (QED) is 0.749. The topological polar surface area (TPSA) is 57.6 Å². The minimum Gasteiger partial charge on any atom is -0.391 e. The normalized spacial score (nSPS) is 31.8. The first-order valence-electron chi connectivity index (χ1n) is 6.59. The molecule has 0 aromatic heterocycles. The Labute approximate surface area is 102 Å². The van der Waals surface area contributed by atoms with E-state index in [9.17, 15) is 14.7 Å². The molecule has 4 atom stereocenters. The van der Waals surface area contributed by atoms with Crippen LogP contribution in [-0.4, -0.2) is 34.5 Å². The zero-order chi connectivity index (χ0) is 12.6. The number of hydrogen-bond acceptors (Lipinski definition) is 3. The van der Waals surface area contributed by atoms with Gasteiger partial charge in [0, 0.05) is 0 Å². The second-order valence-corrected chi connectivity index (χ2v) is 5.38. The molecule has 2 aliphatic rings. The largest absolute Gasteiger partial charge is 0.391 e. The molecule has 4 heteroatoms. The first-order chi connectivity index (χ1) is 8.06. The summed E-state index contributed by atoms with van der Waals surface area (Å²) in [6, 6.07) is 0. The Hall–Kier alpha value is -0.900. The molecule has 4 nitrogen and oxygen atoms in total. The van der Waals surface area contributed by atoms with Gasteiger partial charge >= 0.3 is 0 Å². The van der Waals surface area contributed by atoms with Gasteiger partial charge in [0.1, 0.15) is 0 Å². The van der Waals surface area contributed by atoms with Crippen molar-refractivity contribution in [3.8, 4) is 0 Å². The van der Waals surface area contributed by atoms with Gasteiger partial charge in [0.2, 0.25) is 11.8 Å². The minimum absolute atomic E-state index is 0.0557. The number of nitrogens with zero attached hydrogens (tertiary/aromatic N) is 1. The second kappa shape index (κ2) is 4.77. The number of carbonyl (C=O) groups is 2. The van der Waals surface area contributed by atoms with Crippen LogP contribution in [0, 0.1) is 17.8 Å². The molecule has 17 heavy (non-hydrogen) atoms. The van der Waals surface area contributed by atoms with E-state index in [0.29, 0.717) is 0 Å². The van der Waals surface area contributed by atoms with Crippen LogP contribution in [0.5, 0.6) is 0 Å². The van der Waals surface area contributed by atoms with Gasteiger partial charge in [-0.3, -0.25) is 14.5 Å². The van der Waals surface area contributed by atoms with E-state index < -0.39 is 6.10 Å². The average molecular weight is 239 g/mol. The molecule has 1 saturated carbocycles. The summed E-state index contributed by atoms with van der Waals surface area (Å²) in [6.07, 6.45) is 2.92. The van der Waals surface area contributed by atoms with Crippen molar-refractivity contribution in [1.29, 1.82) is 0 Å². The molecular formula is C13H21NO3. The molecule has 1 aliphatic carbocycles. The highest BCUT2D eigenvalue weighted by Crippen LogP contribution is 2.39. The van der Waals surface area contributed by atoms with Gasteiger partial charge in [-0.05, 0) is 18.8 Å². The summed E-state index contributed by atoms with van der Waals surface area (Å²) < 4.78 is 0. The lowest BCUT2D eigenvalue weighted by Gasteiger charge is -2.23. The van der Waals surface area contributed by atoms with E-state index in [1.165, 1.54) is 4.90 Å². The summed E-state index contributed by atoms with van der Waals surface area (Å²) >= 11 is 0. The third kappa shape index (κ3) is 2.10. The third-order valence-electron chi connectivity index (χ3n) is 4.35. The molecule has 0 aromatic carbocycles. The van der Waals surface area contributed by atoms with E-state index in [2.05, 4.69) is 0 Å². The summed E-state index contributed by atoms with van der Waals surface area (Å²) in [6.45, 7) is 4.12. The predicted molar refractivity (Wildman–Crippen MR) is 63.0 cm³/mol. The Morgan fingerprint density at radius 3 is 2.29 bits per heavy atom. The molecule has 1 heterocycles. The van der Waals surface area contributed by atoms with Crippen molar-refractivity contribution >= 4 is 11.8 Å². The minimum atomic E-state index is -0.591. The zero-order valence-corrected chi connectivity index (χ0v) is 10.6. The van der Waals surface area contributed by atoms with Gasteiger partial charge in [0.15, 0.2) is 0 Å². The van der Waals surface area contributed by atoms with Crippen molar-refractivity contribution in [3.63, 3.8) is 0 Å². The number of aliphatic hydroxyl groups is 1. The summed E-state index contributed by atoms with van der Waals surface area (Å²) in [4.78, 5) is 25.4. The molecule has 2 fully saturated rings. The average Bonchev–Trinajstić information content (AvgIpc) is 2.88. The molecule has 1 saturated heterocycles. The molecule has 4 unspecified atom stereocenters. The highest BCUT2D eigenvalue weighted by molar-refractivity contribution is 6.05. The number of rotatable bonds is 4. The number of amides is 2. The molecule has 0 radical (unpaired) electrons. The molecule has 1 N–H and O–H groups in total. The number of fused-ring (bicyclic) bond motifs is 1. The maximum Gasteiger partial charge on any atom is 0.233 e. The number of carbonyl (C=O) groups excluding carboxylic acids is 2. The Morgan fingerprint density at radius 2 is 1.82 bits per heavy atom. The summed E-state index contributed by atoms with van der Waals surface area (Å²) in [7, 11) is 0. The third-order valence-corrected chi connectivity index (χ3v) is 4.35. The number of hydrogen-bond donors (Lipinski definition) is 1. The van der Waals surface area contributed by atoms with E-state index in [1.807, 2.05) is 13.8 Å². The number of likely N-dealkylation sites (tertiary alicyclic amines) is 1. The summed E-state index contributed by atoms with van der Waals surface area (Å²) in [5, 5.41) is 9.93. The number of imide groups is 1. The molecule has 0 bridgehead atoms. The first-order valence-corrected chi connectivity index (χ1v) is 6.59. The molecule has 0 spiro atoms. The monoisotopic (exact) mass is 239 g/mol. The van der Waals surface area contributed by atoms with Crippen LogP contribution in [0.15, 0.2) is 0 Å². The molecule has 2 rings (SSSR count). The maximum atomic E-state index is 12.0. The van der Waals surface area contributed by atoms with Crippen LogP contribution >= 0.6 is 0 Å². The van der Waals surface area contributed by atoms with Gasteiger partial charge in [-0.15, -0.1) is 0 Å². The van der Waals surface area contributed by atoms with Gasteiger partial charge in [0.25, 0.3) is 0 Å². The van der Waals surface area contributed by atoms with Gasteiger partial charge in [0.05, 0.1) is 24.5 Å². The van der Waals surface area contributed by atoms with Crippen LogP contribution in [0.25, 0.3) is 0 Å². The van der Waals surface area contributed by atoms with Crippen LogP contribution in [-0.2, 0) is 9.59 Å². The Bertz CT molecular complexity index is 307. The fraction of sp³-hybridized carbons (Fsp3) is 0.846. The molecule has 0 aromatic rings. The van der Waals surface area contributed by atoms with Crippen molar-refractivity contribution in [2.24, 2.45) is 17.8 Å². The van der Waals surface area contributed by atoms with E-state index in [1.54, 1.807) is 0 Å². The maximum absolute atomic E-state index is 12.0. The van der Waals surface area contributed by atoms with Gasteiger partial charge in [-0.2, -0.15) is 0 Å². The van der Waals surface area contributed by atoms with Gasteiger partial charge in [-0.25, -0.2) is 0 Å². The standard InChI is InChI=1S/C13H21NO3/c1-3-8(2)11(15)7-14-12(16)9-5-4-6-10(9)13(14)17/h8-11,15H,3-7H2,1-2H3. The Kier molecular flexibility index (Phi) is 3.52. The number of β-amino-alcohol motifs (C(OH)–C–C–N with tert-alkyl or cyclic N) is 1. The predicted octanol–water partition coefficient (Wildman–Crippen LogP) is 1.18. The van der Waals surface area contributed by atoms with Crippen molar-refractivity contribution < 1.29 is 14.7 Å². The Morgan fingerprint density at radius 1 is 1.29 bits per heavy atom. The van der Waals surface area contributed by atoms with Crippen molar-refractivity contribution in [2.75, 3.05) is 6.54 Å². The van der Waals surface area contributed by atoms with E-state index in [-0.39, 0.29) is 36.1 Å². The highest BCUT2D eigenvalue weighted by Gasteiger charge is 2.49. The molecule has 1 aliphatic heterocycles. The van der Waals surface area contributed by atoms with Crippen LogP contribution < -0.4 is 0 Å². The summed E-state index contributed by atoms with van der Waals surface area (Å²) in [5.41, 5.74) is 0. The summed E-state index contributed by atoms with van der Waals surface area (Å²) in [5.74, 6) is -0.172. The van der Waals surface area contributed by atoms with Crippen LogP contribution in [0.3, 0.4) is 0 Å². The van der Waals surface area contributed by atoms with Gasteiger partial charge in [-0.1, -0.05) is 26.7 Å². The Balaban J connectivity index is 2.02. The second-order valence-electron chi connectivity index (χ2n) is 5.38. The van der Waals surface area contributed by atoms with E-state index >= 15 is 0 Å². The van der Waals surface area contributed by atoms with E-state index in [0.717, 1.165) is 25.7 Å². The van der Waals surface area contributed by atoms with Crippen LogP contribution in [0.4, 0.5) is 0 Å². The van der Waals surface area contributed by atoms with Gasteiger partial charge < -0.3 is 5.11 Å². The fourth-order valence-corrected chi connectivity index (χ4v) is 2.88. The smallest absolute Gasteiger partial charge is 0.233 e. The number of aliphatic hydroxyl groups excluding tert-OH is 1. The fourth-order valence-electron chi connectivity index (χ4n) is 2.88. The van der Waals surface area contributed by atoms with Crippen molar-refractivity contribution in [1.82, 2.24) is 4.90 Å². The van der Waals surface area contributed by atoms with Crippen molar-refractivity contribution in [3.05, 3.63) is 0 Å². The highest BCUT2D eigenvalue weighted by atomic mass is 16.3. The lowest BCUT2D eigenvalue weighted by atomic mass is 10.00. The van der Waals surface area contributed by atoms with Crippen molar-refractivity contribution in [2.45, 2.75) is 45.6 Å². The first kappa shape index (κ1) is 12.6. The van der Waals surface area contributed by atoms with Crippen LogP contribution in [0.2, 0.25) is 0 Å².